The average molecular weight is 434 g/mol. The minimum atomic E-state index is -0.215. The van der Waals surface area contributed by atoms with Gasteiger partial charge >= 0.3 is 0 Å². The molecule has 1 saturated heterocycles. The third kappa shape index (κ3) is 6.25. The number of carbonyl (C=O) groups excluding carboxylic acids is 1. The second-order valence-electron chi connectivity index (χ2n) is 7.43. The van der Waals surface area contributed by atoms with E-state index < -0.39 is 0 Å². The van der Waals surface area contributed by atoms with Crippen molar-refractivity contribution < 1.29 is 23.7 Å². The summed E-state index contributed by atoms with van der Waals surface area (Å²) in [6.07, 6.45) is 2.27. The molecule has 0 aromatic heterocycles. The van der Waals surface area contributed by atoms with Crippen LogP contribution in [0, 0.1) is 0 Å². The Balaban J connectivity index is 1.28. The van der Waals surface area contributed by atoms with Gasteiger partial charge in [0.1, 0.15) is 37.1 Å². The molecule has 6 heteroatoms. The molecule has 4 rings (SSSR count). The van der Waals surface area contributed by atoms with Crippen LogP contribution in [0.5, 0.6) is 17.2 Å². The van der Waals surface area contributed by atoms with Crippen LogP contribution in [-0.2, 0) is 4.74 Å². The van der Waals surface area contributed by atoms with Crippen LogP contribution in [-0.4, -0.2) is 38.4 Å². The number of nitrogens with one attached hydrogen (secondary N) is 1. The molecule has 3 aromatic rings. The van der Waals surface area contributed by atoms with Crippen molar-refractivity contribution in [2.24, 2.45) is 0 Å². The molecule has 166 valence electrons. The summed E-state index contributed by atoms with van der Waals surface area (Å²) < 4.78 is 22.8. The van der Waals surface area contributed by atoms with Gasteiger partial charge in [0.05, 0.1) is 11.8 Å². The van der Waals surface area contributed by atoms with Crippen LogP contribution < -0.4 is 19.5 Å². The number of hydrogen-bond donors (Lipinski definition) is 1. The summed E-state index contributed by atoms with van der Waals surface area (Å²) in [5, 5.41) is 2.92. The van der Waals surface area contributed by atoms with Crippen LogP contribution in [0.3, 0.4) is 0 Å². The van der Waals surface area contributed by atoms with Crippen LogP contribution in [0.1, 0.15) is 23.2 Å². The van der Waals surface area contributed by atoms with Gasteiger partial charge in [-0.15, -0.1) is 0 Å². The standard InChI is InChI=1S/C26H27NO5/c28-26(20-12-14-22(15-13-20)32-19-23-9-6-16-29-23)27-24-10-4-5-11-25(24)31-18-17-30-21-7-2-1-3-8-21/h1-5,7-8,10-15,23H,6,9,16-19H2,(H,27,28). The van der Waals surface area contributed by atoms with E-state index in [1.807, 2.05) is 54.6 Å². The van der Waals surface area contributed by atoms with E-state index >= 15 is 0 Å². The molecule has 1 aliphatic rings. The second kappa shape index (κ2) is 11.2. The van der Waals surface area contributed by atoms with Crippen LogP contribution in [0.2, 0.25) is 0 Å². The fraction of sp³-hybridized carbons (Fsp3) is 0.269. The smallest absolute Gasteiger partial charge is 0.255 e. The molecule has 1 aliphatic heterocycles. The Labute approximate surface area is 188 Å². The molecular weight excluding hydrogens is 406 g/mol. The maximum Gasteiger partial charge on any atom is 0.255 e. The van der Waals surface area contributed by atoms with Gasteiger partial charge in [0, 0.05) is 12.2 Å². The van der Waals surface area contributed by atoms with Crippen LogP contribution >= 0.6 is 0 Å². The molecule has 1 N–H and O–H groups in total. The summed E-state index contributed by atoms with van der Waals surface area (Å²) in [6, 6.07) is 24.0. The van der Waals surface area contributed by atoms with Gasteiger partial charge in [-0.3, -0.25) is 4.79 Å². The Hall–Kier alpha value is -3.51. The van der Waals surface area contributed by atoms with Gasteiger partial charge in [-0.25, -0.2) is 0 Å². The predicted octanol–water partition coefficient (Wildman–Crippen LogP) is 4.95. The first-order chi connectivity index (χ1) is 15.8. The second-order valence-corrected chi connectivity index (χ2v) is 7.43. The Bertz CT molecular complexity index is 985. The lowest BCUT2D eigenvalue weighted by Crippen LogP contribution is -2.16. The molecular formula is C26H27NO5. The molecule has 1 amide bonds. The van der Waals surface area contributed by atoms with E-state index in [9.17, 15) is 4.79 Å². The number of amides is 1. The highest BCUT2D eigenvalue weighted by atomic mass is 16.5. The lowest BCUT2D eigenvalue weighted by molar-refractivity contribution is 0.0679. The van der Waals surface area contributed by atoms with Crippen LogP contribution in [0.25, 0.3) is 0 Å². The van der Waals surface area contributed by atoms with E-state index in [-0.39, 0.29) is 12.0 Å². The van der Waals surface area contributed by atoms with Crippen LogP contribution in [0.15, 0.2) is 78.9 Å². The summed E-state index contributed by atoms with van der Waals surface area (Å²) in [5.41, 5.74) is 1.15. The van der Waals surface area contributed by atoms with E-state index in [1.54, 1.807) is 24.3 Å². The van der Waals surface area contributed by atoms with E-state index in [0.29, 0.717) is 36.8 Å². The van der Waals surface area contributed by atoms with E-state index in [4.69, 9.17) is 18.9 Å². The van der Waals surface area contributed by atoms with Gasteiger partial charge in [0.15, 0.2) is 0 Å². The van der Waals surface area contributed by atoms with E-state index in [0.717, 1.165) is 30.9 Å². The Morgan fingerprint density at radius 1 is 0.844 bits per heavy atom. The molecule has 0 bridgehead atoms. The molecule has 0 spiro atoms. The summed E-state index contributed by atoms with van der Waals surface area (Å²) in [7, 11) is 0. The predicted molar refractivity (Wildman–Crippen MR) is 123 cm³/mol. The third-order valence-electron chi connectivity index (χ3n) is 5.06. The van der Waals surface area contributed by atoms with E-state index in [1.165, 1.54) is 0 Å². The van der Waals surface area contributed by atoms with Gasteiger partial charge in [0.2, 0.25) is 0 Å². The van der Waals surface area contributed by atoms with Crippen LogP contribution in [0.4, 0.5) is 5.69 Å². The third-order valence-corrected chi connectivity index (χ3v) is 5.06. The number of carbonyl (C=O) groups is 1. The first-order valence-electron chi connectivity index (χ1n) is 10.8. The maximum absolute atomic E-state index is 12.7. The molecule has 3 aromatic carbocycles. The molecule has 0 saturated carbocycles. The number of rotatable bonds is 10. The van der Waals surface area contributed by atoms with Gasteiger partial charge < -0.3 is 24.3 Å². The maximum atomic E-state index is 12.7. The molecule has 32 heavy (non-hydrogen) atoms. The highest BCUT2D eigenvalue weighted by molar-refractivity contribution is 6.05. The number of benzene rings is 3. The zero-order valence-electron chi connectivity index (χ0n) is 17.9. The van der Waals surface area contributed by atoms with Gasteiger partial charge in [-0.1, -0.05) is 30.3 Å². The van der Waals surface area contributed by atoms with Crippen molar-refractivity contribution in [3.63, 3.8) is 0 Å². The van der Waals surface area contributed by atoms with Crippen molar-refractivity contribution in [2.45, 2.75) is 18.9 Å². The molecule has 1 unspecified atom stereocenters. The Kier molecular flexibility index (Phi) is 7.60. The molecule has 1 atom stereocenters. The fourth-order valence-corrected chi connectivity index (χ4v) is 3.39. The number of anilines is 1. The Morgan fingerprint density at radius 3 is 2.34 bits per heavy atom. The summed E-state index contributed by atoms with van der Waals surface area (Å²) in [5.74, 6) is 1.89. The summed E-state index contributed by atoms with van der Waals surface area (Å²) >= 11 is 0. The summed E-state index contributed by atoms with van der Waals surface area (Å²) in [4.78, 5) is 12.7. The minimum absolute atomic E-state index is 0.160. The van der Waals surface area contributed by atoms with Crippen molar-refractivity contribution in [1.82, 2.24) is 0 Å². The first kappa shape index (κ1) is 21.7. The van der Waals surface area contributed by atoms with Crippen molar-refractivity contribution >= 4 is 11.6 Å². The number of ether oxygens (including phenoxy) is 4. The highest BCUT2D eigenvalue weighted by Crippen LogP contribution is 2.25. The molecule has 0 aliphatic carbocycles. The highest BCUT2D eigenvalue weighted by Gasteiger charge is 2.16. The lowest BCUT2D eigenvalue weighted by atomic mass is 10.2. The fourth-order valence-electron chi connectivity index (χ4n) is 3.39. The van der Waals surface area contributed by atoms with Crippen molar-refractivity contribution in [3.8, 4) is 17.2 Å². The number of hydrogen-bond acceptors (Lipinski definition) is 5. The lowest BCUT2D eigenvalue weighted by Gasteiger charge is -2.14. The SMILES string of the molecule is O=C(Nc1ccccc1OCCOc1ccccc1)c1ccc(OCC2CCCO2)cc1. The monoisotopic (exact) mass is 433 g/mol. The largest absolute Gasteiger partial charge is 0.491 e. The summed E-state index contributed by atoms with van der Waals surface area (Å²) in [6.45, 7) is 2.10. The molecule has 6 nitrogen and oxygen atoms in total. The van der Waals surface area contributed by atoms with Crippen molar-refractivity contribution in [1.29, 1.82) is 0 Å². The minimum Gasteiger partial charge on any atom is -0.491 e. The zero-order chi connectivity index (χ0) is 22.0. The van der Waals surface area contributed by atoms with Gasteiger partial charge in [-0.05, 0) is 61.4 Å². The van der Waals surface area contributed by atoms with E-state index in [2.05, 4.69) is 5.32 Å². The van der Waals surface area contributed by atoms with Gasteiger partial charge in [-0.2, -0.15) is 0 Å². The number of para-hydroxylation sites is 3. The topological polar surface area (TPSA) is 66.0 Å². The zero-order valence-corrected chi connectivity index (χ0v) is 17.9. The Morgan fingerprint density at radius 2 is 1.56 bits per heavy atom. The van der Waals surface area contributed by atoms with Crippen molar-refractivity contribution in [2.75, 3.05) is 31.7 Å². The molecule has 1 heterocycles. The normalized spacial score (nSPS) is 15.2. The van der Waals surface area contributed by atoms with Gasteiger partial charge in [0.25, 0.3) is 5.91 Å². The van der Waals surface area contributed by atoms with Crippen molar-refractivity contribution in [3.05, 3.63) is 84.4 Å². The quantitative estimate of drug-likeness (QED) is 0.458. The molecule has 1 fully saturated rings. The molecule has 0 radical (unpaired) electrons. The first-order valence-corrected chi connectivity index (χ1v) is 10.8. The average Bonchev–Trinajstić information content (AvgIpc) is 3.36.